The lowest BCUT2D eigenvalue weighted by atomic mass is 9.87. The van der Waals surface area contributed by atoms with Gasteiger partial charge in [0.2, 0.25) is 0 Å². The largest absolute Gasteiger partial charge is 0.447 e. The molecule has 0 bridgehead atoms. The van der Waals surface area contributed by atoms with Gasteiger partial charge in [0, 0.05) is 0 Å². The molecule has 0 unspecified atom stereocenters. The Hall–Kier alpha value is -3.19. The summed E-state index contributed by atoms with van der Waals surface area (Å²) in [6, 6.07) is 29.8. The number of ether oxygens (including phenoxy) is 4. The zero-order valence-corrected chi connectivity index (χ0v) is 20.6. The standard InChI is InChI=1S/C30H33NO5/c1-2-25-27(33-18-22-12-6-3-7-13-22)29(35-20-24-16-10-5-11-17-24)28(26-21-36-30(32)31(25)26)34-19-23-14-8-4-9-15-23/h3-17,25-29H,2,18-21H2,1H3/t25-,26-,27-,28+,29+/m1/s1. The highest BCUT2D eigenvalue weighted by Crippen LogP contribution is 2.37. The van der Waals surface area contributed by atoms with Gasteiger partial charge < -0.3 is 18.9 Å². The molecular weight excluding hydrogens is 454 g/mol. The fourth-order valence-electron chi connectivity index (χ4n) is 5.20. The number of nitrogens with zero attached hydrogens (tertiary/aromatic N) is 1. The van der Waals surface area contributed by atoms with Gasteiger partial charge in [-0.05, 0) is 23.1 Å². The van der Waals surface area contributed by atoms with E-state index in [1.54, 1.807) is 0 Å². The first-order valence-electron chi connectivity index (χ1n) is 12.7. The molecule has 0 radical (unpaired) electrons. The first kappa shape index (κ1) is 24.5. The minimum absolute atomic E-state index is 0.175. The third kappa shape index (κ3) is 5.46. The fourth-order valence-corrected chi connectivity index (χ4v) is 5.20. The number of piperidine rings is 1. The number of fused-ring (bicyclic) bond motifs is 1. The Morgan fingerprint density at radius 3 is 1.61 bits per heavy atom. The molecule has 2 fully saturated rings. The summed E-state index contributed by atoms with van der Waals surface area (Å²) >= 11 is 0. The highest BCUT2D eigenvalue weighted by atomic mass is 16.6. The van der Waals surface area contributed by atoms with Crippen molar-refractivity contribution in [3.05, 3.63) is 108 Å². The van der Waals surface area contributed by atoms with E-state index in [1.807, 2.05) is 95.9 Å². The first-order chi connectivity index (χ1) is 17.7. The molecule has 188 valence electrons. The number of cyclic esters (lactones) is 1. The molecule has 0 aliphatic carbocycles. The predicted octanol–water partition coefficient (Wildman–Crippen LogP) is 5.36. The Bertz CT molecular complexity index is 1090. The van der Waals surface area contributed by atoms with E-state index in [2.05, 4.69) is 6.92 Å². The Morgan fingerprint density at radius 1 is 0.694 bits per heavy atom. The minimum Gasteiger partial charge on any atom is -0.447 e. The average Bonchev–Trinajstić information content (AvgIpc) is 3.32. The fraction of sp³-hybridized carbons (Fsp3) is 0.367. The first-order valence-corrected chi connectivity index (χ1v) is 12.7. The summed E-state index contributed by atoms with van der Waals surface area (Å²) in [6.45, 7) is 3.63. The quantitative estimate of drug-likeness (QED) is 0.386. The molecule has 3 aromatic carbocycles. The lowest BCUT2D eigenvalue weighted by Gasteiger charge is -2.49. The molecular formula is C30H33NO5. The van der Waals surface area contributed by atoms with Gasteiger partial charge in [0.1, 0.15) is 24.9 Å². The van der Waals surface area contributed by atoms with Crippen LogP contribution < -0.4 is 0 Å². The number of rotatable bonds is 10. The molecule has 3 aromatic rings. The predicted molar refractivity (Wildman–Crippen MR) is 136 cm³/mol. The van der Waals surface area contributed by atoms with Crippen molar-refractivity contribution >= 4 is 6.09 Å². The van der Waals surface area contributed by atoms with Crippen molar-refractivity contribution in [2.24, 2.45) is 0 Å². The molecule has 6 nitrogen and oxygen atoms in total. The molecule has 0 aromatic heterocycles. The van der Waals surface area contributed by atoms with Gasteiger partial charge in [-0.1, -0.05) is 97.9 Å². The molecule has 36 heavy (non-hydrogen) atoms. The van der Waals surface area contributed by atoms with Gasteiger partial charge in [0.25, 0.3) is 0 Å². The van der Waals surface area contributed by atoms with Gasteiger partial charge in [0.15, 0.2) is 0 Å². The number of amides is 1. The molecule has 2 aliphatic heterocycles. The van der Waals surface area contributed by atoms with Crippen molar-refractivity contribution in [2.45, 2.75) is 63.6 Å². The maximum absolute atomic E-state index is 12.9. The number of hydrogen-bond acceptors (Lipinski definition) is 5. The minimum atomic E-state index is -0.399. The zero-order chi connectivity index (χ0) is 24.7. The molecule has 5 rings (SSSR count). The summed E-state index contributed by atoms with van der Waals surface area (Å²) in [5.41, 5.74) is 3.22. The van der Waals surface area contributed by atoms with Crippen LogP contribution in [0.4, 0.5) is 4.79 Å². The van der Waals surface area contributed by atoms with Crippen LogP contribution in [0.15, 0.2) is 91.0 Å². The van der Waals surface area contributed by atoms with Crippen molar-refractivity contribution in [1.82, 2.24) is 4.90 Å². The van der Waals surface area contributed by atoms with E-state index in [-0.39, 0.29) is 37.0 Å². The van der Waals surface area contributed by atoms with E-state index in [1.165, 1.54) is 0 Å². The summed E-state index contributed by atoms with van der Waals surface area (Å²) in [5.74, 6) is 0. The Balaban J connectivity index is 1.44. The number of carbonyl (C=O) groups is 1. The van der Waals surface area contributed by atoms with Gasteiger partial charge in [-0.2, -0.15) is 0 Å². The maximum atomic E-state index is 12.9. The normalized spacial score (nSPS) is 25.4. The Labute approximate surface area is 212 Å². The second-order valence-corrected chi connectivity index (χ2v) is 9.31. The van der Waals surface area contributed by atoms with Crippen LogP contribution in [0.1, 0.15) is 30.0 Å². The topological polar surface area (TPSA) is 57.2 Å². The van der Waals surface area contributed by atoms with Crippen LogP contribution in [-0.4, -0.2) is 48.0 Å². The molecule has 2 heterocycles. The second kappa shape index (κ2) is 11.7. The maximum Gasteiger partial charge on any atom is 0.410 e. The van der Waals surface area contributed by atoms with Crippen LogP contribution in [0.3, 0.4) is 0 Å². The van der Waals surface area contributed by atoms with E-state index in [9.17, 15) is 4.79 Å². The molecule has 2 saturated heterocycles. The van der Waals surface area contributed by atoms with Crippen molar-refractivity contribution in [2.75, 3.05) is 6.61 Å². The van der Waals surface area contributed by atoms with E-state index in [0.717, 1.165) is 23.1 Å². The molecule has 0 saturated carbocycles. The average molecular weight is 488 g/mol. The van der Waals surface area contributed by atoms with Gasteiger partial charge in [-0.15, -0.1) is 0 Å². The van der Waals surface area contributed by atoms with Crippen LogP contribution in [0.5, 0.6) is 0 Å². The number of carbonyl (C=O) groups excluding carboxylic acids is 1. The van der Waals surface area contributed by atoms with Crippen LogP contribution in [0, 0.1) is 0 Å². The van der Waals surface area contributed by atoms with Crippen LogP contribution in [0.2, 0.25) is 0 Å². The monoisotopic (exact) mass is 487 g/mol. The van der Waals surface area contributed by atoms with Crippen molar-refractivity contribution in [1.29, 1.82) is 0 Å². The molecule has 0 spiro atoms. The summed E-state index contributed by atoms with van der Waals surface area (Å²) < 4.78 is 25.2. The van der Waals surface area contributed by atoms with Gasteiger partial charge in [-0.25, -0.2) is 4.79 Å². The summed E-state index contributed by atoms with van der Waals surface area (Å²) in [5, 5.41) is 0. The number of benzene rings is 3. The highest BCUT2D eigenvalue weighted by molar-refractivity contribution is 5.71. The van der Waals surface area contributed by atoms with Crippen LogP contribution in [-0.2, 0) is 38.8 Å². The second-order valence-electron chi connectivity index (χ2n) is 9.31. The zero-order valence-electron chi connectivity index (χ0n) is 20.6. The molecule has 1 amide bonds. The summed E-state index contributed by atoms with van der Waals surface area (Å²) in [4.78, 5) is 14.7. The van der Waals surface area contributed by atoms with Crippen molar-refractivity contribution in [3.8, 4) is 0 Å². The molecule has 6 heteroatoms. The molecule has 2 aliphatic rings. The van der Waals surface area contributed by atoms with Gasteiger partial charge in [0.05, 0.1) is 31.9 Å². The summed E-state index contributed by atoms with van der Waals surface area (Å²) in [6.07, 6.45) is -0.736. The lowest BCUT2D eigenvalue weighted by molar-refractivity contribution is -0.208. The van der Waals surface area contributed by atoms with Gasteiger partial charge in [-0.3, -0.25) is 4.90 Å². The highest BCUT2D eigenvalue weighted by Gasteiger charge is 2.56. The van der Waals surface area contributed by atoms with E-state index in [0.29, 0.717) is 19.8 Å². The number of hydrogen-bond donors (Lipinski definition) is 0. The van der Waals surface area contributed by atoms with Gasteiger partial charge >= 0.3 is 6.09 Å². The van der Waals surface area contributed by atoms with E-state index < -0.39 is 6.10 Å². The Kier molecular flexibility index (Phi) is 7.96. The van der Waals surface area contributed by atoms with Crippen molar-refractivity contribution < 1.29 is 23.7 Å². The summed E-state index contributed by atoms with van der Waals surface area (Å²) in [7, 11) is 0. The van der Waals surface area contributed by atoms with Crippen molar-refractivity contribution in [3.63, 3.8) is 0 Å². The van der Waals surface area contributed by atoms with Crippen LogP contribution in [0.25, 0.3) is 0 Å². The van der Waals surface area contributed by atoms with E-state index in [4.69, 9.17) is 18.9 Å². The SMILES string of the molecule is CC[C@@H]1[C@@H](OCc2ccccc2)[C@H](OCc2ccccc2)[C@@H](OCc2ccccc2)[C@H]2COC(=O)N21. The Morgan fingerprint density at radius 2 is 1.14 bits per heavy atom. The van der Waals surface area contributed by atoms with E-state index >= 15 is 0 Å². The smallest absolute Gasteiger partial charge is 0.410 e. The third-order valence-electron chi connectivity index (χ3n) is 6.98. The lowest BCUT2D eigenvalue weighted by Crippen LogP contribution is -2.67. The molecule has 0 N–H and O–H groups in total. The molecule has 5 atom stereocenters. The third-order valence-corrected chi connectivity index (χ3v) is 6.98. The van der Waals surface area contributed by atoms with Crippen LogP contribution >= 0.6 is 0 Å².